The molecule has 3 nitrogen and oxygen atoms in total. The lowest BCUT2D eigenvalue weighted by Crippen LogP contribution is -2.13. The Hall–Kier alpha value is -0.850. The minimum atomic E-state index is -0.160. The molecule has 1 aliphatic heterocycles. The van der Waals surface area contributed by atoms with Gasteiger partial charge in [-0.2, -0.15) is 10.3 Å². The van der Waals surface area contributed by atoms with Crippen LogP contribution in [0.3, 0.4) is 0 Å². The first-order valence-electron chi connectivity index (χ1n) is 3.24. The van der Waals surface area contributed by atoms with Crippen molar-refractivity contribution in [3.8, 4) is 6.07 Å². The van der Waals surface area contributed by atoms with Crippen molar-refractivity contribution in [2.45, 2.75) is 13.0 Å². The summed E-state index contributed by atoms with van der Waals surface area (Å²) < 4.78 is 0. The molecule has 54 valence electrons. The summed E-state index contributed by atoms with van der Waals surface area (Å²) in [6, 6.07) is 1.95. The lowest BCUT2D eigenvalue weighted by Gasteiger charge is -2.09. The minimum Gasteiger partial charge on any atom is -0.290 e. The molecule has 0 saturated carbocycles. The fraction of sp³-hybridized carbons (Fsp3) is 0.571. The molecular formula is C7H10N2O. The lowest BCUT2D eigenvalue weighted by molar-refractivity contribution is -0.0924. The van der Waals surface area contributed by atoms with Gasteiger partial charge in [-0.1, -0.05) is 6.58 Å². The largest absolute Gasteiger partial charge is 0.290 e. The normalized spacial score (nSPS) is 19.6. The van der Waals surface area contributed by atoms with E-state index in [1.165, 1.54) is 0 Å². The zero-order valence-electron chi connectivity index (χ0n) is 6.00. The van der Waals surface area contributed by atoms with Crippen LogP contribution in [-0.4, -0.2) is 24.3 Å². The second-order valence-electron chi connectivity index (χ2n) is 2.31. The van der Waals surface area contributed by atoms with E-state index in [9.17, 15) is 0 Å². The van der Waals surface area contributed by atoms with Gasteiger partial charge in [-0.25, -0.2) is 0 Å². The van der Waals surface area contributed by atoms with E-state index >= 15 is 0 Å². The zero-order valence-corrected chi connectivity index (χ0v) is 6.00. The molecule has 0 aromatic carbocycles. The second kappa shape index (κ2) is 2.82. The van der Waals surface area contributed by atoms with Crippen molar-refractivity contribution in [2.75, 3.05) is 13.1 Å². The number of hydrogen-bond donors (Lipinski definition) is 0. The molecule has 1 saturated heterocycles. The van der Waals surface area contributed by atoms with Crippen LogP contribution in [0.25, 0.3) is 0 Å². The molecule has 10 heavy (non-hydrogen) atoms. The topological polar surface area (TPSA) is 36.0 Å². The Labute approximate surface area is 60.5 Å². The Morgan fingerprint density at radius 3 is 2.80 bits per heavy atom. The molecule has 3 heteroatoms. The van der Waals surface area contributed by atoms with E-state index < -0.39 is 0 Å². The molecule has 1 fully saturated rings. The van der Waals surface area contributed by atoms with Crippen molar-refractivity contribution >= 4 is 0 Å². The molecule has 0 spiro atoms. The summed E-state index contributed by atoms with van der Waals surface area (Å²) in [4.78, 5) is 5.23. The van der Waals surface area contributed by atoms with Crippen LogP contribution in [0.15, 0.2) is 12.2 Å². The van der Waals surface area contributed by atoms with Crippen LogP contribution >= 0.6 is 0 Å². The van der Waals surface area contributed by atoms with E-state index in [0.29, 0.717) is 5.57 Å². The molecule has 1 rings (SSSR count). The highest BCUT2D eigenvalue weighted by Crippen LogP contribution is 2.11. The third kappa shape index (κ3) is 1.83. The van der Waals surface area contributed by atoms with Crippen LogP contribution < -0.4 is 0 Å². The van der Waals surface area contributed by atoms with E-state index in [1.54, 1.807) is 5.06 Å². The fourth-order valence-corrected chi connectivity index (χ4v) is 0.524. The summed E-state index contributed by atoms with van der Waals surface area (Å²) in [5.41, 5.74) is 0.479. The first kappa shape index (κ1) is 7.26. The maximum Gasteiger partial charge on any atom is 0.111 e. The molecule has 0 aliphatic carbocycles. The smallest absolute Gasteiger partial charge is 0.111 e. The molecule has 1 heterocycles. The summed E-state index contributed by atoms with van der Waals surface area (Å²) in [5.74, 6) is 0. The van der Waals surface area contributed by atoms with Crippen molar-refractivity contribution in [1.82, 2.24) is 5.06 Å². The Bertz CT molecular complexity index is 179. The van der Waals surface area contributed by atoms with E-state index in [4.69, 9.17) is 10.1 Å². The summed E-state index contributed by atoms with van der Waals surface area (Å²) in [5, 5.41) is 10.2. The zero-order chi connectivity index (χ0) is 7.56. The van der Waals surface area contributed by atoms with Crippen LogP contribution in [-0.2, 0) is 4.84 Å². The lowest BCUT2D eigenvalue weighted by atomic mass is 10.2. The Balaban J connectivity index is 2.26. The Morgan fingerprint density at radius 1 is 1.80 bits per heavy atom. The van der Waals surface area contributed by atoms with Gasteiger partial charge in [-0.05, 0) is 6.92 Å². The quantitative estimate of drug-likeness (QED) is 0.425. The molecular weight excluding hydrogens is 128 g/mol. The third-order valence-electron chi connectivity index (χ3n) is 1.35. The molecule has 1 aliphatic rings. The Kier molecular flexibility index (Phi) is 2.05. The van der Waals surface area contributed by atoms with Gasteiger partial charge >= 0.3 is 0 Å². The number of nitrogens with zero attached hydrogens (tertiary/aromatic N) is 2. The average molecular weight is 138 g/mol. The SMILES string of the molecule is C=C(C#N)C(C)ON1CC1. The molecule has 0 amide bonds. The maximum absolute atomic E-state index is 8.39. The first-order chi connectivity index (χ1) is 4.74. The number of nitriles is 1. The third-order valence-corrected chi connectivity index (χ3v) is 1.35. The van der Waals surface area contributed by atoms with Crippen LogP contribution in [0.2, 0.25) is 0 Å². The van der Waals surface area contributed by atoms with Crippen molar-refractivity contribution in [2.24, 2.45) is 0 Å². The monoisotopic (exact) mass is 138 g/mol. The summed E-state index contributed by atoms with van der Waals surface area (Å²) in [6.45, 7) is 7.31. The van der Waals surface area contributed by atoms with Gasteiger partial charge in [0.2, 0.25) is 0 Å². The van der Waals surface area contributed by atoms with Crippen LogP contribution in [0.4, 0.5) is 0 Å². The molecule has 0 aromatic rings. The number of rotatable bonds is 3. The van der Waals surface area contributed by atoms with Crippen molar-refractivity contribution in [3.05, 3.63) is 12.2 Å². The van der Waals surface area contributed by atoms with Crippen molar-refractivity contribution in [3.63, 3.8) is 0 Å². The van der Waals surface area contributed by atoms with Gasteiger partial charge in [-0.15, -0.1) is 0 Å². The van der Waals surface area contributed by atoms with Gasteiger partial charge in [0.05, 0.1) is 11.6 Å². The minimum absolute atomic E-state index is 0.160. The van der Waals surface area contributed by atoms with Crippen LogP contribution in [0.1, 0.15) is 6.92 Å². The summed E-state index contributed by atoms with van der Waals surface area (Å²) in [7, 11) is 0. The summed E-state index contributed by atoms with van der Waals surface area (Å²) >= 11 is 0. The van der Waals surface area contributed by atoms with Crippen molar-refractivity contribution in [1.29, 1.82) is 5.26 Å². The second-order valence-corrected chi connectivity index (χ2v) is 2.31. The molecule has 1 unspecified atom stereocenters. The highest BCUT2D eigenvalue weighted by atomic mass is 16.7. The standard InChI is InChI=1S/C7H10N2O/c1-6(5-8)7(2)10-9-3-4-9/h7H,1,3-4H2,2H3. The predicted molar refractivity (Wildman–Crippen MR) is 36.9 cm³/mol. The average Bonchev–Trinajstić information content (AvgIpc) is 2.70. The molecule has 1 atom stereocenters. The first-order valence-corrected chi connectivity index (χ1v) is 3.24. The number of hydroxylamine groups is 2. The van der Waals surface area contributed by atoms with Gasteiger partial charge in [0, 0.05) is 13.1 Å². The molecule has 0 bridgehead atoms. The molecule has 0 radical (unpaired) electrons. The van der Waals surface area contributed by atoms with Gasteiger partial charge in [-0.3, -0.25) is 4.84 Å². The Morgan fingerprint density at radius 2 is 2.40 bits per heavy atom. The highest BCUT2D eigenvalue weighted by molar-refractivity contribution is 5.19. The highest BCUT2D eigenvalue weighted by Gasteiger charge is 2.21. The number of hydrogen-bond acceptors (Lipinski definition) is 3. The van der Waals surface area contributed by atoms with Gasteiger partial charge in [0.15, 0.2) is 0 Å². The van der Waals surface area contributed by atoms with Crippen LogP contribution in [0, 0.1) is 11.3 Å². The van der Waals surface area contributed by atoms with E-state index in [2.05, 4.69) is 6.58 Å². The van der Waals surface area contributed by atoms with Crippen LogP contribution in [0.5, 0.6) is 0 Å². The molecule has 0 aromatic heterocycles. The maximum atomic E-state index is 8.39. The summed E-state index contributed by atoms with van der Waals surface area (Å²) in [6.07, 6.45) is -0.160. The van der Waals surface area contributed by atoms with E-state index in [1.807, 2.05) is 13.0 Å². The van der Waals surface area contributed by atoms with Gasteiger partial charge < -0.3 is 0 Å². The van der Waals surface area contributed by atoms with E-state index in [-0.39, 0.29) is 6.10 Å². The van der Waals surface area contributed by atoms with E-state index in [0.717, 1.165) is 13.1 Å². The fourth-order valence-electron chi connectivity index (χ4n) is 0.524. The van der Waals surface area contributed by atoms with Crippen molar-refractivity contribution < 1.29 is 4.84 Å². The van der Waals surface area contributed by atoms with Gasteiger partial charge in [0.1, 0.15) is 6.10 Å². The molecule has 0 N–H and O–H groups in total. The van der Waals surface area contributed by atoms with Gasteiger partial charge in [0.25, 0.3) is 0 Å². The predicted octanol–water partition coefficient (Wildman–Crippen LogP) is 0.702.